The highest BCUT2D eigenvalue weighted by Gasteiger charge is 2.21. The molecular formula is C17H19ClFN3O4S. The number of carbonyl (C=O) groups is 1. The van der Waals surface area contributed by atoms with Gasteiger partial charge in [0.25, 0.3) is 10.0 Å². The van der Waals surface area contributed by atoms with E-state index < -0.39 is 21.9 Å². The molecule has 2 rings (SSSR count). The number of carbonyl (C=O) groups excluding carboxylic acids is 1. The van der Waals surface area contributed by atoms with Gasteiger partial charge >= 0.3 is 6.03 Å². The number of nitrogens with one attached hydrogen (secondary N) is 1. The molecule has 0 saturated carbocycles. The van der Waals surface area contributed by atoms with E-state index in [0.717, 1.165) is 4.47 Å². The zero-order chi connectivity index (χ0) is 20.2. The van der Waals surface area contributed by atoms with Crippen LogP contribution in [0.4, 0.5) is 14.9 Å². The normalized spacial score (nSPS) is 11.5. The number of urea groups is 1. The fraction of sp³-hybridized carbons (Fsp3) is 0.235. The number of hydrogen-bond acceptors (Lipinski definition) is 4. The Morgan fingerprint density at radius 3 is 2.37 bits per heavy atom. The van der Waals surface area contributed by atoms with Gasteiger partial charge in [-0.1, -0.05) is 22.1 Å². The zero-order valence-electron chi connectivity index (χ0n) is 14.9. The van der Waals surface area contributed by atoms with Crippen LogP contribution in [0.1, 0.15) is 5.56 Å². The molecule has 0 bridgehead atoms. The zero-order valence-corrected chi connectivity index (χ0v) is 16.5. The summed E-state index contributed by atoms with van der Waals surface area (Å²) in [4.78, 5) is 18.2. The number of benzene rings is 2. The highest BCUT2D eigenvalue weighted by Crippen LogP contribution is 2.21. The highest BCUT2D eigenvalue weighted by atomic mass is 35.5. The van der Waals surface area contributed by atoms with E-state index in [2.05, 4.69) is 5.32 Å². The van der Waals surface area contributed by atoms with Gasteiger partial charge in [0.15, 0.2) is 0 Å². The molecule has 0 unspecified atom stereocenters. The number of halogens is 2. The van der Waals surface area contributed by atoms with Crippen molar-refractivity contribution >= 4 is 33.3 Å². The number of sulfonamides is 1. The monoisotopic (exact) mass is 415 g/mol. The summed E-state index contributed by atoms with van der Waals surface area (Å²) in [5.41, 5.74) is 0.589. The molecule has 0 heterocycles. The van der Waals surface area contributed by atoms with Crippen LogP contribution < -0.4 is 5.32 Å². The Balaban J connectivity index is 2.07. The number of hydroxylamine groups is 1. The van der Waals surface area contributed by atoms with Gasteiger partial charge in [0, 0.05) is 30.4 Å². The molecule has 0 aliphatic heterocycles. The maximum Gasteiger partial charge on any atom is 0.321 e. The third kappa shape index (κ3) is 4.95. The van der Waals surface area contributed by atoms with Crippen LogP contribution in [-0.2, 0) is 21.4 Å². The Morgan fingerprint density at radius 1 is 1.19 bits per heavy atom. The smallest absolute Gasteiger partial charge is 0.321 e. The maximum absolute atomic E-state index is 13.8. The Kier molecular flexibility index (Phi) is 6.77. The van der Waals surface area contributed by atoms with Crippen molar-refractivity contribution in [3.8, 4) is 0 Å². The summed E-state index contributed by atoms with van der Waals surface area (Å²) in [6, 6.07) is 9.36. The van der Waals surface area contributed by atoms with E-state index in [9.17, 15) is 17.6 Å². The van der Waals surface area contributed by atoms with E-state index in [1.807, 2.05) is 0 Å². The van der Waals surface area contributed by atoms with Gasteiger partial charge in [0.05, 0.1) is 18.6 Å². The predicted molar refractivity (Wildman–Crippen MR) is 100 cm³/mol. The van der Waals surface area contributed by atoms with Gasteiger partial charge in [-0.25, -0.2) is 17.6 Å². The average molecular weight is 416 g/mol. The van der Waals surface area contributed by atoms with Crippen molar-refractivity contribution in [2.24, 2.45) is 0 Å². The molecule has 10 heteroatoms. The standard InChI is InChI=1S/C17H19ClFN3O4S/c1-21(11-14-15(18)5-4-6-16(14)19)17(23)20-12-7-9-13(10-8-12)27(24,25)22(2)26-3/h4-10H,11H2,1-3H3,(H,20,23). The SMILES string of the molecule is CON(C)S(=O)(=O)c1ccc(NC(=O)N(C)Cc2c(F)cccc2Cl)cc1. The number of amides is 2. The van der Waals surface area contributed by atoms with Gasteiger partial charge in [-0.2, -0.15) is 0 Å². The van der Waals surface area contributed by atoms with Crippen LogP contribution in [0.2, 0.25) is 5.02 Å². The number of anilines is 1. The van der Waals surface area contributed by atoms with Crippen molar-refractivity contribution < 1.29 is 22.4 Å². The van der Waals surface area contributed by atoms with E-state index in [1.54, 1.807) is 6.07 Å². The topological polar surface area (TPSA) is 79.0 Å². The van der Waals surface area contributed by atoms with E-state index in [0.29, 0.717) is 5.69 Å². The van der Waals surface area contributed by atoms with Gasteiger partial charge in [-0.15, -0.1) is 0 Å². The molecule has 0 aliphatic rings. The van der Waals surface area contributed by atoms with Crippen molar-refractivity contribution in [2.75, 3.05) is 26.5 Å². The first-order valence-electron chi connectivity index (χ1n) is 7.75. The lowest BCUT2D eigenvalue weighted by atomic mass is 10.2. The van der Waals surface area contributed by atoms with Crippen molar-refractivity contribution in [2.45, 2.75) is 11.4 Å². The molecule has 0 aromatic heterocycles. The first kappa shape index (κ1) is 21.1. The average Bonchev–Trinajstić information content (AvgIpc) is 2.64. The molecule has 2 amide bonds. The largest absolute Gasteiger partial charge is 0.323 e. The van der Waals surface area contributed by atoms with Crippen molar-refractivity contribution in [3.05, 3.63) is 58.9 Å². The van der Waals surface area contributed by atoms with E-state index >= 15 is 0 Å². The molecule has 2 aromatic rings. The highest BCUT2D eigenvalue weighted by molar-refractivity contribution is 7.89. The van der Waals surface area contributed by atoms with Crippen LogP contribution in [0.25, 0.3) is 0 Å². The summed E-state index contributed by atoms with van der Waals surface area (Å²) < 4.78 is 38.8. The molecule has 0 aliphatic carbocycles. The molecule has 0 radical (unpaired) electrons. The summed E-state index contributed by atoms with van der Waals surface area (Å²) in [5.74, 6) is -0.501. The molecule has 0 saturated heterocycles. The van der Waals surface area contributed by atoms with Gasteiger partial charge < -0.3 is 10.2 Å². The Labute approximate surface area is 162 Å². The van der Waals surface area contributed by atoms with Crippen LogP contribution in [0.3, 0.4) is 0 Å². The minimum Gasteiger partial charge on any atom is -0.323 e. The van der Waals surface area contributed by atoms with Crippen molar-refractivity contribution in [1.29, 1.82) is 0 Å². The van der Waals surface area contributed by atoms with Crippen LogP contribution in [-0.4, -0.2) is 45.0 Å². The minimum atomic E-state index is -3.77. The maximum atomic E-state index is 13.8. The molecule has 2 aromatic carbocycles. The first-order chi connectivity index (χ1) is 12.7. The second-order valence-corrected chi connectivity index (χ2v) is 7.95. The molecule has 27 heavy (non-hydrogen) atoms. The Hall–Kier alpha value is -2.20. The van der Waals surface area contributed by atoms with Crippen LogP contribution in [0.15, 0.2) is 47.4 Å². The lowest BCUT2D eigenvalue weighted by Crippen LogP contribution is -2.31. The number of nitrogens with zero attached hydrogens (tertiary/aromatic N) is 2. The van der Waals surface area contributed by atoms with Crippen LogP contribution in [0.5, 0.6) is 0 Å². The second kappa shape index (κ2) is 8.66. The molecule has 0 fully saturated rings. The molecule has 146 valence electrons. The fourth-order valence-electron chi connectivity index (χ4n) is 2.17. The van der Waals surface area contributed by atoms with Gasteiger partial charge in [0.2, 0.25) is 0 Å². The third-order valence-corrected chi connectivity index (χ3v) is 5.85. The molecular weight excluding hydrogens is 397 g/mol. The minimum absolute atomic E-state index is 0.0105. The van der Waals surface area contributed by atoms with Gasteiger partial charge in [-0.3, -0.25) is 4.84 Å². The van der Waals surface area contributed by atoms with E-state index in [-0.39, 0.29) is 22.0 Å². The molecule has 0 spiro atoms. The summed E-state index contributed by atoms with van der Waals surface area (Å²) in [6.07, 6.45) is 0. The predicted octanol–water partition coefficient (Wildman–Crippen LogP) is 3.32. The molecule has 1 N–H and O–H groups in total. The third-order valence-electron chi connectivity index (χ3n) is 3.80. The lowest BCUT2D eigenvalue weighted by molar-refractivity contribution is -0.0258. The van der Waals surface area contributed by atoms with Gasteiger partial charge in [-0.05, 0) is 36.4 Å². The fourth-order valence-corrected chi connectivity index (χ4v) is 3.36. The summed E-state index contributed by atoms with van der Waals surface area (Å²) >= 11 is 5.97. The molecule has 0 atom stereocenters. The summed E-state index contributed by atoms with van der Waals surface area (Å²) in [7, 11) is 0.233. The Bertz CT molecular complexity index is 902. The summed E-state index contributed by atoms with van der Waals surface area (Å²) in [5, 5.41) is 2.83. The van der Waals surface area contributed by atoms with Crippen LogP contribution in [0, 0.1) is 5.82 Å². The Morgan fingerprint density at radius 2 is 1.81 bits per heavy atom. The van der Waals surface area contributed by atoms with Gasteiger partial charge in [0.1, 0.15) is 5.82 Å². The quantitative estimate of drug-likeness (QED) is 0.734. The van der Waals surface area contributed by atoms with Crippen LogP contribution >= 0.6 is 11.6 Å². The molecule has 7 nitrogen and oxygen atoms in total. The van der Waals surface area contributed by atoms with E-state index in [4.69, 9.17) is 16.4 Å². The first-order valence-corrected chi connectivity index (χ1v) is 9.56. The second-order valence-electron chi connectivity index (χ2n) is 5.61. The van der Waals surface area contributed by atoms with Crippen molar-refractivity contribution in [3.63, 3.8) is 0 Å². The number of hydrogen-bond donors (Lipinski definition) is 1. The summed E-state index contributed by atoms with van der Waals surface area (Å²) in [6.45, 7) is -0.0254. The lowest BCUT2D eigenvalue weighted by Gasteiger charge is -2.19. The van der Waals surface area contributed by atoms with Crippen molar-refractivity contribution in [1.82, 2.24) is 9.37 Å². The van der Waals surface area contributed by atoms with E-state index in [1.165, 1.54) is 62.5 Å². The number of rotatable bonds is 6.